The predicted octanol–water partition coefficient (Wildman–Crippen LogP) is 2.30. The molecule has 0 N–H and O–H groups in total. The van der Waals surface area contributed by atoms with Gasteiger partial charge in [-0.25, -0.2) is 14.3 Å². The van der Waals surface area contributed by atoms with E-state index >= 15 is 0 Å². The molecule has 0 spiro atoms. The molecule has 0 saturated carbocycles. The lowest BCUT2D eigenvalue weighted by molar-refractivity contribution is 0.805. The normalized spacial score (nSPS) is 14.8. The van der Waals surface area contributed by atoms with Gasteiger partial charge < -0.3 is 4.90 Å². The van der Waals surface area contributed by atoms with Crippen molar-refractivity contribution in [3.05, 3.63) is 45.0 Å². The number of nitrogens with zero attached hydrogens (tertiary/aromatic N) is 4. The van der Waals surface area contributed by atoms with Crippen molar-refractivity contribution in [1.29, 1.82) is 0 Å². The van der Waals surface area contributed by atoms with Crippen LogP contribution >= 0.6 is 15.9 Å². The Hall–Kier alpha value is -1.69. The number of rotatable bonds is 2. The zero-order chi connectivity index (χ0) is 14.1. The van der Waals surface area contributed by atoms with Gasteiger partial charge in [0, 0.05) is 17.6 Å². The van der Waals surface area contributed by atoms with Crippen LogP contribution in [-0.2, 0) is 0 Å². The number of para-hydroxylation sites is 1. The molecule has 1 aromatic heterocycles. The fraction of sp³-hybridized carbons (Fsp3) is 0.357. The summed E-state index contributed by atoms with van der Waals surface area (Å²) in [6.07, 6.45) is 3.83. The monoisotopic (exact) mass is 334 g/mol. The summed E-state index contributed by atoms with van der Waals surface area (Å²) in [5.41, 5.74) is 1.50. The average molecular weight is 335 g/mol. The highest BCUT2D eigenvalue weighted by atomic mass is 79.9. The molecule has 20 heavy (non-hydrogen) atoms. The Labute approximate surface area is 125 Å². The molecule has 0 amide bonds. The standard InChI is InChI=1S/C14H15BrN4O/c1-10-5-4-6-11(15)12(10)19-9-16-13(17-14(19)20)18-7-2-3-8-18/h4-6,9H,2-3,7-8H2,1H3. The third-order valence-corrected chi connectivity index (χ3v) is 4.15. The Bertz CT molecular complexity index is 672. The predicted molar refractivity (Wildman–Crippen MR) is 81.5 cm³/mol. The molecule has 0 radical (unpaired) electrons. The molecule has 1 fully saturated rings. The summed E-state index contributed by atoms with van der Waals surface area (Å²) in [6.45, 7) is 3.82. The lowest BCUT2D eigenvalue weighted by Gasteiger charge is -2.16. The van der Waals surface area contributed by atoms with Crippen LogP contribution in [0.1, 0.15) is 18.4 Å². The minimum absolute atomic E-state index is 0.295. The first-order valence-corrected chi connectivity index (χ1v) is 7.42. The number of halogens is 1. The van der Waals surface area contributed by atoms with E-state index in [1.807, 2.05) is 25.1 Å². The smallest absolute Gasteiger partial charge is 0.341 e. The van der Waals surface area contributed by atoms with E-state index in [2.05, 4.69) is 30.8 Å². The number of anilines is 1. The van der Waals surface area contributed by atoms with Gasteiger partial charge in [0.2, 0.25) is 5.95 Å². The van der Waals surface area contributed by atoms with Gasteiger partial charge >= 0.3 is 5.69 Å². The average Bonchev–Trinajstić information content (AvgIpc) is 2.94. The number of benzene rings is 1. The van der Waals surface area contributed by atoms with Gasteiger partial charge in [0.1, 0.15) is 6.33 Å². The van der Waals surface area contributed by atoms with Gasteiger partial charge in [-0.1, -0.05) is 12.1 Å². The second-order valence-electron chi connectivity index (χ2n) is 4.91. The maximum Gasteiger partial charge on any atom is 0.356 e. The van der Waals surface area contributed by atoms with E-state index in [-0.39, 0.29) is 5.69 Å². The van der Waals surface area contributed by atoms with E-state index in [1.54, 1.807) is 6.33 Å². The van der Waals surface area contributed by atoms with Crippen LogP contribution < -0.4 is 10.6 Å². The summed E-state index contributed by atoms with van der Waals surface area (Å²) in [7, 11) is 0. The summed E-state index contributed by atoms with van der Waals surface area (Å²) >= 11 is 3.48. The molecule has 3 rings (SSSR count). The van der Waals surface area contributed by atoms with Crippen molar-refractivity contribution >= 4 is 21.9 Å². The summed E-state index contributed by atoms with van der Waals surface area (Å²) in [4.78, 5) is 22.8. The van der Waals surface area contributed by atoms with E-state index in [0.29, 0.717) is 5.95 Å². The highest BCUT2D eigenvalue weighted by Gasteiger charge is 2.16. The van der Waals surface area contributed by atoms with Crippen molar-refractivity contribution in [2.75, 3.05) is 18.0 Å². The molecular formula is C14H15BrN4O. The van der Waals surface area contributed by atoms with Crippen molar-refractivity contribution < 1.29 is 0 Å². The zero-order valence-electron chi connectivity index (χ0n) is 11.2. The first-order chi connectivity index (χ1) is 9.66. The van der Waals surface area contributed by atoms with Crippen molar-refractivity contribution in [2.24, 2.45) is 0 Å². The molecule has 0 aliphatic carbocycles. The van der Waals surface area contributed by atoms with Crippen LogP contribution in [0.25, 0.3) is 5.69 Å². The minimum Gasteiger partial charge on any atom is -0.341 e. The van der Waals surface area contributed by atoms with Crippen LogP contribution in [0.2, 0.25) is 0 Å². The molecule has 0 bridgehead atoms. The molecule has 1 aliphatic rings. The van der Waals surface area contributed by atoms with Crippen LogP contribution in [0.5, 0.6) is 0 Å². The van der Waals surface area contributed by atoms with Gasteiger partial charge in [-0.3, -0.25) is 0 Å². The number of aryl methyl sites for hydroxylation is 1. The fourth-order valence-corrected chi connectivity index (χ4v) is 3.13. The van der Waals surface area contributed by atoms with E-state index in [0.717, 1.165) is 41.7 Å². The van der Waals surface area contributed by atoms with Crippen LogP contribution in [0, 0.1) is 6.92 Å². The largest absolute Gasteiger partial charge is 0.356 e. The van der Waals surface area contributed by atoms with E-state index in [4.69, 9.17) is 0 Å². The SMILES string of the molecule is Cc1cccc(Br)c1-n1cnc(N2CCCC2)nc1=O. The molecular weight excluding hydrogens is 320 g/mol. The summed E-state index contributed by atoms with van der Waals surface area (Å²) in [6, 6.07) is 5.80. The maximum absolute atomic E-state index is 12.3. The summed E-state index contributed by atoms with van der Waals surface area (Å²) in [5, 5.41) is 0. The van der Waals surface area contributed by atoms with Gasteiger partial charge in [-0.05, 0) is 47.3 Å². The second kappa shape index (κ2) is 5.36. The molecule has 2 aromatic rings. The van der Waals surface area contributed by atoms with Crippen LogP contribution in [0.3, 0.4) is 0 Å². The Balaban J connectivity index is 2.05. The zero-order valence-corrected chi connectivity index (χ0v) is 12.8. The highest BCUT2D eigenvalue weighted by Crippen LogP contribution is 2.23. The topological polar surface area (TPSA) is 51.0 Å². The molecule has 1 saturated heterocycles. The van der Waals surface area contributed by atoms with Gasteiger partial charge in [0.25, 0.3) is 0 Å². The first-order valence-electron chi connectivity index (χ1n) is 6.63. The first kappa shape index (κ1) is 13.3. The van der Waals surface area contributed by atoms with E-state index in [9.17, 15) is 4.79 Å². The molecule has 5 nitrogen and oxygen atoms in total. The Morgan fingerprint density at radius 2 is 2.00 bits per heavy atom. The van der Waals surface area contributed by atoms with E-state index in [1.165, 1.54) is 4.57 Å². The molecule has 2 heterocycles. The molecule has 104 valence electrons. The molecule has 0 unspecified atom stereocenters. The van der Waals surface area contributed by atoms with Gasteiger partial charge in [0.05, 0.1) is 5.69 Å². The third-order valence-electron chi connectivity index (χ3n) is 3.51. The van der Waals surface area contributed by atoms with Crippen molar-refractivity contribution in [2.45, 2.75) is 19.8 Å². The summed E-state index contributed by atoms with van der Waals surface area (Å²) < 4.78 is 2.34. The van der Waals surface area contributed by atoms with E-state index < -0.39 is 0 Å². The second-order valence-corrected chi connectivity index (χ2v) is 5.76. The van der Waals surface area contributed by atoms with Gasteiger partial charge in [0.15, 0.2) is 0 Å². The van der Waals surface area contributed by atoms with Crippen molar-refractivity contribution in [3.63, 3.8) is 0 Å². The number of hydrogen-bond donors (Lipinski definition) is 0. The van der Waals surface area contributed by atoms with Gasteiger partial charge in [-0.2, -0.15) is 4.98 Å². The van der Waals surface area contributed by atoms with Gasteiger partial charge in [-0.15, -0.1) is 0 Å². The van der Waals surface area contributed by atoms with Crippen molar-refractivity contribution in [3.8, 4) is 5.69 Å². The molecule has 1 aromatic carbocycles. The Kier molecular flexibility index (Phi) is 3.56. The van der Waals surface area contributed by atoms with Crippen molar-refractivity contribution in [1.82, 2.24) is 14.5 Å². The molecule has 1 aliphatic heterocycles. The van der Waals surface area contributed by atoms with Crippen LogP contribution in [0.15, 0.2) is 33.8 Å². The summed E-state index contributed by atoms with van der Waals surface area (Å²) in [5.74, 6) is 0.536. The molecule has 6 heteroatoms. The minimum atomic E-state index is -0.295. The van der Waals surface area contributed by atoms with Crippen LogP contribution in [-0.4, -0.2) is 27.6 Å². The Morgan fingerprint density at radius 1 is 1.25 bits per heavy atom. The highest BCUT2D eigenvalue weighted by molar-refractivity contribution is 9.10. The lowest BCUT2D eigenvalue weighted by Crippen LogP contribution is -2.29. The quantitative estimate of drug-likeness (QED) is 0.845. The number of hydrogen-bond acceptors (Lipinski definition) is 4. The van der Waals surface area contributed by atoms with Crippen LogP contribution in [0.4, 0.5) is 5.95 Å². The Morgan fingerprint density at radius 3 is 2.65 bits per heavy atom. The fourth-order valence-electron chi connectivity index (χ4n) is 2.48. The third kappa shape index (κ3) is 2.35. The molecule has 0 atom stereocenters. The lowest BCUT2D eigenvalue weighted by atomic mass is 10.2. The number of aromatic nitrogens is 3. The maximum atomic E-state index is 12.3.